The number of nitrogens with one attached hydrogen (secondary N) is 1. The van der Waals surface area contributed by atoms with Crippen LogP contribution in [0.1, 0.15) is 37.5 Å². The average molecular weight is 487 g/mol. The first-order chi connectivity index (χ1) is 16.3. The summed E-state index contributed by atoms with van der Waals surface area (Å²) in [5.74, 6) is -2.34. The number of phenols is 1. The number of amides is 3. The van der Waals surface area contributed by atoms with E-state index in [4.69, 9.17) is 11.5 Å². The molecule has 2 aromatic carbocycles. The van der Waals surface area contributed by atoms with E-state index >= 15 is 0 Å². The average Bonchev–Trinajstić information content (AvgIpc) is 2.80. The molecule has 3 atom stereocenters. The summed E-state index contributed by atoms with van der Waals surface area (Å²) >= 11 is 0. The van der Waals surface area contributed by atoms with Crippen LogP contribution in [0.3, 0.4) is 0 Å². The molecule has 0 heterocycles. The zero-order chi connectivity index (χ0) is 26.5. The van der Waals surface area contributed by atoms with Gasteiger partial charge >= 0.3 is 0 Å². The number of halogens is 1. The highest BCUT2D eigenvalue weighted by Crippen LogP contribution is 2.26. The van der Waals surface area contributed by atoms with Crippen LogP contribution in [0.4, 0.5) is 4.39 Å². The maximum absolute atomic E-state index is 13.5. The quantitative estimate of drug-likeness (QED) is 0.406. The van der Waals surface area contributed by atoms with Gasteiger partial charge in [-0.15, -0.1) is 0 Å². The van der Waals surface area contributed by atoms with Crippen molar-refractivity contribution in [1.82, 2.24) is 10.2 Å². The van der Waals surface area contributed by atoms with Crippen molar-refractivity contribution in [3.05, 3.63) is 65.0 Å². The summed E-state index contributed by atoms with van der Waals surface area (Å²) in [6.07, 6.45) is 0.293. The van der Waals surface area contributed by atoms with Crippen molar-refractivity contribution in [1.29, 1.82) is 0 Å². The van der Waals surface area contributed by atoms with E-state index in [0.29, 0.717) is 16.7 Å². The molecule has 35 heavy (non-hydrogen) atoms. The van der Waals surface area contributed by atoms with Gasteiger partial charge in [0.2, 0.25) is 17.7 Å². The van der Waals surface area contributed by atoms with Crippen LogP contribution in [0, 0.1) is 18.7 Å². The molecule has 0 aliphatic carbocycles. The van der Waals surface area contributed by atoms with E-state index in [2.05, 4.69) is 5.32 Å². The number of aromatic hydroxyl groups is 1. The lowest BCUT2D eigenvalue weighted by atomic mass is 9.84. The lowest BCUT2D eigenvalue weighted by molar-refractivity contribution is -0.149. The van der Waals surface area contributed by atoms with Gasteiger partial charge in [0.1, 0.15) is 23.1 Å². The second kappa shape index (κ2) is 11.3. The number of aryl methyl sites for hydroxylation is 1. The molecule has 2 rings (SSSR count). The first kappa shape index (κ1) is 27.8. The van der Waals surface area contributed by atoms with Crippen molar-refractivity contribution >= 4 is 17.7 Å². The predicted octanol–water partition coefficient (Wildman–Crippen LogP) is 1.80. The maximum atomic E-state index is 13.5. The highest BCUT2D eigenvalue weighted by Gasteiger charge is 2.45. The summed E-state index contributed by atoms with van der Waals surface area (Å²) in [5, 5.41) is 12.4. The molecule has 9 heteroatoms. The molecule has 6 N–H and O–H groups in total. The van der Waals surface area contributed by atoms with Gasteiger partial charge in [-0.3, -0.25) is 14.4 Å². The van der Waals surface area contributed by atoms with Crippen molar-refractivity contribution in [3.8, 4) is 5.75 Å². The van der Waals surface area contributed by atoms with Crippen molar-refractivity contribution < 1.29 is 23.9 Å². The molecule has 0 radical (unpaired) electrons. The molecule has 0 spiro atoms. The highest BCUT2D eigenvalue weighted by atomic mass is 19.1. The Morgan fingerprint density at radius 1 is 1.09 bits per heavy atom. The summed E-state index contributed by atoms with van der Waals surface area (Å²) in [6.45, 7) is 6.91. The van der Waals surface area contributed by atoms with Gasteiger partial charge in [-0.05, 0) is 61.1 Å². The van der Waals surface area contributed by atoms with Crippen molar-refractivity contribution in [2.24, 2.45) is 17.4 Å². The summed E-state index contributed by atoms with van der Waals surface area (Å²) in [7, 11) is 1.50. The number of phenolic OH excluding ortho intramolecular Hbond substituents is 1. The fourth-order valence-electron chi connectivity index (χ4n) is 3.85. The number of hydrogen-bond donors (Lipinski definition) is 4. The van der Waals surface area contributed by atoms with Gasteiger partial charge in [0, 0.05) is 13.5 Å². The first-order valence-corrected chi connectivity index (χ1v) is 11.4. The smallest absolute Gasteiger partial charge is 0.246 e. The largest absolute Gasteiger partial charge is 0.508 e. The van der Waals surface area contributed by atoms with E-state index in [1.54, 1.807) is 52.0 Å². The van der Waals surface area contributed by atoms with E-state index < -0.39 is 35.3 Å². The Morgan fingerprint density at radius 2 is 1.66 bits per heavy atom. The number of hydrogen-bond acceptors (Lipinski definition) is 5. The first-order valence-electron chi connectivity index (χ1n) is 11.4. The van der Waals surface area contributed by atoms with Gasteiger partial charge in [0.05, 0.1) is 6.04 Å². The van der Waals surface area contributed by atoms with Gasteiger partial charge in [-0.2, -0.15) is 0 Å². The summed E-state index contributed by atoms with van der Waals surface area (Å²) in [6, 6.07) is 8.59. The maximum Gasteiger partial charge on any atom is 0.246 e. The molecule has 0 saturated carbocycles. The van der Waals surface area contributed by atoms with E-state index in [9.17, 15) is 23.9 Å². The van der Waals surface area contributed by atoms with Crippen LogP contribution in [-0.4, -0.2) is 52.4 Å². The third-order valence-corrected chi connectivity index (χ3v) is 6.65. The van der Waals surface area contributed by atoms with E-state index in [1.165, 1.54) is 30.1 Å². The van der Waals surface area contributed by atoms with Gasteiger partial charge in [0.15, 0.2) is 0 Å². The summed E-state index contributed by atoms with van der Waals surface area (Å²) in [4.78, 5) is 40.1. The molecule has 0 aliphatic rings. The molecule has 190 valence electrons. The highest BCUT2D eigenvalue weighted by molar-refractivity contribution is 5.95. The number of primary amides is 1. The lowest BCUT2D eigenvalue weighted by Gasteiger charge is -2.42. The minimum Gasteiger partial charge on any atom is -0.508 e. The number of benzene rings is 2. The van der Waals surface area contributed by atoms with Gasteiger partial charge < -0.3 is 26.8 Å². The van der Waals surface area contributed by atoms with Gasteiger partial charge in [0.25, 0.3) is 0 Å². The molecule has 0 unspecified atom stereocenters. The normalized spacial score (nSPS) is 14.6. The molecule has 3 amide bonds. The van der Waals surface area contributed by atoms with Crippen LogP contribution in [0.2, 0.25) is 0 Å². The Hall–Kier alpha value is -3.46. The second-order valence-electron chi connectivity index (χ2n) is 9.39. The standard InChI is InChI=1S/C26H35FN4O4/c1-15(2)26(4,31(5)24(34)20(28)13-17-6-9-19(27)10-7-17)25(35)30-21(23(29)33)14-18-8-11-22(32)16(3)12-18/h6-12,15,20-21,32H,13-14,28H2,1-5H3,(H2,29,33)(H,30,35)/t20-,21-,26+/m0/s1. The number of carbonyl (C=O) groups is 3. The number of carbonyl (C=O) groups excluding carboxylic acids is 3. The molecule has 8 nitrogen and oxygen atoms in total. The van der Waals surface area contributed by atoms with Crippen molar-refractivity contribution in [2.75, 3.05) is 7.05 Å². The Bertz CT molecular complexity index is 1070. The minimum absolute atomic E-state index is 0.123. The molecule has 2 aromatic rings. The third-order valence-electron chi connectivity index (χ3n) is 6.65. The van der Waals surface area contributed by atoms with Crippen LogP contribution in [0.25, 0.3) is 0 Å². The van der Waals surface area contributed by atoms with Crippen LogP contribution in [-0.2, 0) is 27.2 Å². The number of rotatable bonds is 10. The monoisotopic (exact) mass is 486 g/mol. The molecular weight excluding hydrogens is 451 g/mol. The Balaban J connectivity index is 2.21. The van der Waals surface area contributed by atoms with Crippen LogP contribution in [0.5, 0.6) is 5.75 Å². The zero-order valence-electron chi connectivity index (χ0n) is 20.8. The SMILES string of the molecule is Cc1cc(C[C@H](NC(=O)[C@@](C)(C(C)C)N(C)C(=O)[C@@H](N)Cc2ccc(F)cc2)C(N)=O)ccc1O. The Kier molecular flexibility index (Phi) is 8.98. The van der Waals surface area contributed by atoms with Crippen molar-refractivity contribution in [2.45, 2.75) is 58.2 Å². The Labute approximate surface area is 205 Å². The van der Waals surface area contributed by atoms with E-state index in [1.807, 2.05) is 0 Å². The van der Waals surface area contributed by atoms with Gasteiger partial charge in [-0.1, -0.05) is 38.1 Å². The topological polar surface area (TPSA) is 139 Å². The number of likely N-dealkylation sites (N-methyl/N-ethyl adjacent to an activating group) is 1. The fraction of sp³-hybridized carbons (Fsp3) is 0.423. The van der Waals surface area contributed by atoms with Gasteiger partial charge in [-0.25, -0.2) is 4.39 Å². The molecule has 0 saturated heterocycles. The number of nitrogens with zero attached hydrogens (tertiary/aromatic N) is 1. The summed E-state index contributed by atoms with van der Waals surface area (Å²) < 4.78 is 13.2. The lowest BCUT2D eigenvalue weighted by Crippen LogP contribution is -2.65. The fourth-order valence-corrected chi connectivity index (χ4v) is 3.85. The van der Waals surface area contributed by atoms with Crippen molar-refractivity contribution in [3.63, 3.8) is 0 Å². The van der Waals surface area contributed by atoms with E-state index in [0.717, 1.165) is 0 Å². The Morgan fingerprint density at radius 3 is 2.17 bits per heavy atom. The van der Waals surface area contributed by atoms with Crippen LogP contribution in [0.15, 0.2) is 42.5 Å². The minimum atomic E-state index is -1.34. The van der Waals surface area contributed by atoms with Crippen LogP contribution < -0.4 is 16.8 Å². The molecule has 0 fully saturated rings. The zero-order valence-corrected chi connectivity index (χ0v) is 20.8. The second-order valence-corrected chi connectivity index (χ2v) is 9.39. The molecule has 0 aromatic heterocycles. The molecule has 0 bridgehead atoms. The summed E-state index contributed by atoms with van der Waals surface area (Å²) in [5.41, 5.74) is 12.4. The van der Waals surface area contributed by atoms with E-state index in [-0.39, 0.29) is 30.3 Å². The molecule has 0 aliphatic heterocycles. The van der Waals surface area contributed by atoms with Crippen LogP contribution >= 0.6 is 0 Å². The molecular formula is C26H35FN4O4. The number of nitrogens with two attached hydrogens (primary N) is 2. The predicted molar refractivity (Wildman–Crippen MR) is 132 cm³/mol. The third kappa shape index (κ3) is 6.57.